The number of hydrogen-bond donors (Lipinski definition) is 1. The van der Waals surface area contributed by atoms with Crippen molar-refractivity contribution in [3.8, 4) is 0 Å². The third kappa shape index (κ3) is 2.07. The summed E-state index contributed by atoms with van der Waals surface area (Å²) in [5.41, 5.74) is 0.802. The third-order valence-corrected chi connectivity index (χ3v) is 3.91. The highest BCUT2D eigenvalue weighted by Crippen LogP contribution is 2.58. The van der Waals surface area contributed by atoms with E-state index in [-0.39, 0.29) is 0 Å². The Balaban J connectivity index is 1.90. The minimum absolute atomic E-state index is 0.802. The van der Waals surface area contributed by atoms with Crippen molar-refractivity contribution in [3.05, 3.63) is 0 Å². The third-order valence-electron chi connectivity index (χ3n) is 3.91. The number of rotatable bonds is 3. The fourth-order valence-corrected chi connectivity index (χ4v) is 3.19. The molecule has 2 fully saturated rings. The van der Waals surface area contributed by atoms with Crippen molar-refractivity contribution < 1.29 is 0 Å². The molecular weight excluding hydrogens is 158 g/mol. The van der Waals surface area contributed by atoms with Crippen molar-refractivity contribution in [2.75, 3.05) is 13.1 Å². The van der Waals surface area contributed by atoms with Crippen LogP contribution >= 0.6 is 0 Å². The monoisotopic (exact) mass is 181 g/mol. The molecule has 1 nitrogen and oxygen atoms in total. The summed E-state index contributed by atoms with van der Waals surface area (Å²) in [5.74, 6) is 1.95. The van der Waals surface area contributed by atoms with E-state index >= 15 is 0 Å². The first-order valence-electron chi connectivity index (χ1n) is 5.94. The molecule has 1 heterocycles. The van der Waals surface area contributed by atoms with Crippen LogP contribution < -0.4 is 5.32 Å². The van der Waals surface area contributed by atoms with E-state index in [9.17, 15) is 0 Å². The molecule has 13 heavy (non-hydrogen) atoms. The smallest absolute Gasteiger partial charge is 0.00461 e. The Labute approximate surface area is 82.3 Å². The van der Waals surface area contributed by atoms with Crippen LogP contribution in [0.4, 0.5) is 0 Å². The van der Waals surface area contributed by atoms with E-state index in [1.165, 1.54) is 45.2 Å². The molecule has 0 atom stereocenters. The van der Waals surface area contributed by atoms with Crippen LogP contribution in [0.2, 0.25) is 0 Å². The summed E-state index contributed by atoms with van der Waals surface area (Å²) < 4.78 is 0. The van der Waals surface area contributed by atoms with Gasteiger partial charge in [0.25, 0.3) is 0 Å². The van der Waals surface area contributed by atoms with Gasteiger partial charge in [-0.05, 0) is 62.4 Å². The zero-order valence-electron chi connectivity index (χ0n) is 9.10. The Morgan fingerprint density at radius 3 is 2.31 bits per heavy atom. The van der Waals surface area contributed by atoms with Gasteiger partial charge < -0.3 is 5.32 Å². The van der Waals surface area contributed by atoms with Crippen molar-refractivity contribution in [1.29, 1.82) is 0 Å². The van der Waals surface area contributed by atoms with Gasteiger partial charge >= 0.3 is 0 Å². The summed E-state index contributed by atoms with van der Waals surface area (Å²) in [6.45, 7) is 7.29. The Bertz CT molecular complexity index is 164. The minimum Gasteiger partial charge on any atom is -0.317 e. The molecule has 0 aromatic carbocycles. The molecule has 0 aromatic heterocycles. The van der Waals surface area contributed by atoms with Crippen LogP contribution in [0.15, 0.2) is 0 Å². The molecule has 76 valence electrons. The van der Waals surface area contributed by atoms with Gasteiger partial charge in [0.15, 0.2) is 0 Å². The number of nitrogens with one attached hydrogen (secondary N) is 1. The first kappa shape index (κ1) is 9.51. The van der Waals surface area contributed by atoms with E-state index in [0.29, 0.717) is 0 Å². The molecule has 1 N–H and O–H groups in total. The van der Waals surface area contributed by atoms with Crippen molar-refractivity contribution in [3.63, 3.8) is 0 Å². The van der Waals surface area contributed by atoms with Crippen molar-refractivity contribution in [1.82, 2.24) is 5.32 Å². The van der Waals surface area contributed by atoms with Crippen LogP contribution in [0.25, 0.3) is 0 Å². The predicted molar refractivity (Wildman–Crippen MR) is 56.7 cm³/mol. The first-order valence-corrected chi connectivity index (χ1v) is 5.94. The van der Waals surface area contributed by atoms with Crippen LogP contribution in [-0.4, -0.2) is 13.1 Å². The standard InChI is InChI=1S/C12H23N/c1-10(2)9-12(5-6-12)11-3-7-13-8-4-11/h10-11,13H,3-9H2,1-2H3. The highest BCUT2D eigenvalue weighted by atomic mass is 14.9. The Morgan fingerprint density at radius 2 is 1.85 bits per heavy atom. The SMILES string of the molecule is CC(C)CC1(C2CCNCC2)CC1. The van der Waals surface area contributed by atoms with E-state index in [4.69, 9.17) is 0 Å². The lowest BCUT2D eigenvalue weighted by Crippen LogP contribution is -2.33. The second-order valence-corrected chi connectivity index (χ2v) is 5.48. The zero-order chi connectivity index (χ0) is 9.31. The van der Waals surface area contributed by atoms with E-state index in [2.05, 4.69) is 19.2 Å². The molecule has 0 unspecified atom stereocenters. The fourth-order valence-electron chi connectivity index (χ4n) is 3.19. The molecule has 1 aliphatic heterocycles. The average Bonchev–Trinajstić information content (AvgIpc) is 2.86. The van der Waals surface area contributed by atoms with E-state index in [0.717, 1.165) is 17.3 Å². The topological polar surface area (TPSA) is 12.0 Å². The zero-order valence-corrected chi connectivity index (χ0v) is 9.10. The van der Waals surface area contributed by atoms with Crippen LogP contribution in [0.1, 0.15) is 46.0 Å². The molecule has 1 saturated heterocycles. The van der Waals surface area contributed by atoms with Crippen LogP contribution in [0.3, 0.4) is 0 Å². The van der Waals surface area contributed by atoms with E-state index < -0.39 is 0 Å². The lowest BCUT2D eigenvalue weighted by Gasteiger charge is -2.32. The van der Waals surface area contributed by atoms with Crippen molar-refractivity contribution in [2.45, 2.75) is 46.0 Å². The molecular formula is C12H23N. The number of hydrogen-bond acceptors (Lipinski definition) is 1. The lowest BCUT2D eigenvalue weighted by molar-refractivity contribution is 0.205. The maximum absolute atomic E-state index is 3.47. The van der Waals surface area contributed by atoms with Gasteiger partial charge in [0.2, 0.25) is 0 Å². The maximum Gasteiger partial charge on any atom is -0.00461 e. The molecule has 0 spiro atoms. The molecule has 2 aliphatic rings. The highest BCUT2D eigenvalue weighted by Gasteiger charge is 2.48. The van der Waals surface area contributed by atoms with Crippen LogP contribution in [0, 0.1) is 17.3 Å². The van der Waals surface area contributed by atoms with Crippen LogP contribution in [-0.2, 0) is 0 Å². The summed E-state index contributed by atoms with van der Waals surface area (Å²) in [6.07, 6.45) is 7.41. The van der Waals surface area contributed by atoms with E-state index in [1.807, 2.05) is 0 Å². The van der Waals surface area contributed by atoms with Gasteiger partial charge in [-0.3, -0.25) is 0 Å². The Morgan fingerprint density at radius 1 is 1.23 bits per heavy atom. The van der Waals surface area contributed by atoms with Gasteiger partial charge in [-0.15, -0.1) is 0 Å². The Hall–Kier alpha value is -0.0400. The first-order chi connectivity index (χ1) is 6.23. The minimum atomic E-state index is 0.802. The molecule has 0 radical (unpaired) electrons. The van der Waals surface area contributed by atoms with Crippen molar-refractivity contribution in [2.24, 2.45) is 17.3 Å². The van der Waals surface area contributed by atoms with E-state index in [1.54, 1.807) is 0 Å². The maximum atomic E-state index is 3.47. The summed E-state index contributed by atoms with van der Waals surface area (Å²) in [7, 11) is 0. The van der Waals surface area contributed by atoms with Gasteiger partial charge in [-0.2, -0.15) is 0 Å². The molecule has 2 rings (SSSR count). The largest absolute Gasteiger partial charge is 0.317 e. The molecule has 0 aromatic rings. The lowest BCUT2D eigenvalue weighted by atomic mass is 9.77. The van der Waals surface area contributed by atoms with Crippen LogP contribution in [0.5, 0.6) is 0 Å². The average molecular weight is 181 g/mol. The van der Waals surface area contributed by atoms with Gasteiger partial charge in [0.05, 0.1) is 0 Å². The number of piperidine rings is 1. The molecule has 1 saturated carbocycles. The quantitative estimate of drug-likeness (QED) is 0.706. The van der Waals surface area contributed by atoms with Gasteiger partial charge in [-0.25, -0.2) is 0 Å². The summed E-state index contributed by atoms with van der Waals surface area (Å²) >= 11 is 0. The summed E-state index contributed by atoms with van der Waals surface area (Å²) in [4.78, 5) is 0. The molecule has 1 aliphatic carbocycles. The summed E-state index contributed by atoms with van der Waals surface area (Å²) in [5, 5.41) is 3.47. The van der Waals surface area contributed by atoms with Gasteiger partial charge in [0, 0.05) is 0 Å². The fraction of sp³-hybridized carbons (Fsp3) is 1.00. The van der Waals surface area contributed by atoms with Crippen molar-refractivity contribution >= 4 is 0 Å². The molecule has 0 amide bonds. The van der Waals surface area contributed by atoms with Gasteiger partial charge in [0.1, 0.15) is 0 Å². The second-order valence-electron chi connectivity index (χ2n) is 5.48. The molecule has 0 bridgehead atoms. The van der Waals surface area contributed by atoms with Gasteiger partial charge in [-0.1, -0.05) is 13.8 Å². The Kier molecular flexibility index (Phi) is 2.64. The predicted octanol–water partition coefficient (Wildman–Crippen LogP) is 2.81. The molecule has 1 heteroatoms. The summed E-state index contributed by atoms with van der Waals surface area (Å²) in [6, 6.07) is 0. The second kappa shape index (κ2) is 3.61. The highest BCUT2D eigenvalue weighted by molar-refractivity contribution is 4.99. The normalized spacial score (nSPS) is 27.9.